The van der Waals surface area contributed by atoms with Crippen molar-refractivity contribution >= 4 is 17.0 Å². The highest BCUT2D eigenvalue weighted by atomic mass is 32.1. The van der Waals surface area contributed by atoms with Crippen molar-refractivity contribution in [2.45, 2.75) is 26.7 Å². The Morgan fingerprint density at radius 2 is 2.00 bits per heavy atom. The molecule has 21 heavy (non-hydrogen) atoms. The van der Waals surface area contributed by atoms with Crippen LogP contribution in [-0.4, -0.2) is 18.2 Å². The largest absolute Gasteiger partial charge is 0.491 e. The Kier molecular flexibility index (Phi) is 5.38. The number of thiazole rings is 1. The minimum Gasteiger partial charge on any atom is -0.491 e. The van der Waals surface area contributed by atoms with Gasteiger partial charge in [0.1, 0.15) is 5.75 Å². The molecule has 0 aliphatic carbocycles. The van der Waals surface area contributed by atoms with Gasteiger partial charge in [-0.1, -0.05) is 6.92 Å². The van der Waals surface area contributed by atoms with E-state index in [0.717, 1.165) is 18.5 Å². The lowest BCUT2D eigenvalue weighted by Gasteiger charge is -2.12. The van der Waals surface area contributed by atoms with Crippen molar-refractivity contribution in [2.24, 2.45) is 0 Å². The highest BCUT2D eigenvalue weighted by Gasteiger charge is 2.11. The molecular weight excluding hydrogens is 291 g/mol. The Labute approximate surface area is 127 Å². The Morgan fingerprint density at radius 3 is 2.67 bits per heavy atom. The maximum absolute atomic E-state index is 13.7. The average molecular weight is 310 g/mol. The van der Waals surface area contributed by atoms with Crippen LogP contribution in [0, 0.1) is 12.7 Å². The van der Waals surface area contributed by atoms with Crippen molar-refractivity contribution < 1.29 is 13.9 Å². The zero-order valence-corrected chi connectivity index (χ0v) is 13.0. The number of nitrogens with zero attached hydrogens (tertiary/aromatic N) is 1. The summed E-state index contributed by atoms with van der Waals surface area (Å²) in [5.74, 6) is 0.159. The van der Waals surface area contributed by atoms with Gasteiger partial charge in [-0.3, -0.25) is 0 Å². The van der Waals surface area contributed by atoms with Gasteiger partial charge in [0.05, 0.1) is 30.1 Å². The van der Waals surface area contributed by atoms with E-state index in [1.54, 1.807) is 11.3 Å². The second-order valence-electron chi connectivity index (χ2n) is 4.63. The fourth-order valence-corrected chi connectivity index (χ4v) is 2.58. The number of hydrogen-bond acceptors (Lipinski definition) is 5. The quantitative estimate of drug-likeness (QED) is 0.794. The van der Waals surface area contributed by atoms with Gasteiger partial charge in [0.15, 0.2) is 11.6 Å². The number of hydrogen-bond donors (Lipinski definition) is 1. The van der Waals surface area contributed by atoms with Crippen LogP contribution in [0.5, 0.6) is 11.5 Å². The zero-order chi connectivity index (χ0) is 15.2. The van der Waals surface area contributed by atoms with Crippen LogP contribution in [0.25, 0.3) is 0 Å². The molecule has 0 atom stereocenters. The van der Waals surface area contributed by atoms with Gasteiger partial charge in [0.25, 0.3) is 0 Å². The summed E-state index contributed by atoms with van der Waals surface area (Å²) in [5, 5.41) is 0. The molecule has 0 amide bonds. The Balaban J connectivity index is 2.00. The topological polar surface area (TPSA) is 57.4 Å². The monoisotopic (exact) mass is 310 g/mol. The molecule has 0 unspecified atom stereocenters. The van der Waals surface area contributed by atoms with E-state index >= 15 is 0 Å². The lowest BCUT2D eigenvalue weighted by Crippen LogP contribution is -2.05. The third-order valence-corrected chi connectivity index (χ3v) is 3.95. The van der Waals surface area contributed by atoms with Crippen LogP contribution >= 0.6 is 11.3 Å². The van der Waals surface area contributed by atoms with Gasteiger partial charge in [0.2, 0.25) is 0 Å². The third-order valence-electron chi connectivity index (χ3n) is 2.96. The number of aryl methyl sites for hydroxylation is 1. The predicted molar refractivity (Wildman–Crippen MR) is 82.6 cm³/mol. The van der Waals surface area contributed by atoms with Crippen molar-refractivity contribution in [1.82, 2.24) is 4.98 Å². The Bertz CT molecular complexity index is 601. The molecular formula is C15H19FN2O2S. The molecule has 1 aromatic carbocycles. The van der Waals surface area contributed by atoms with Crippen molar-refractivity contribution in [2.75, 3.05) is 18.9 Å². The molecule has 0 bridgehead atoms. The van der Waals surface area contributed by atoms with Gasteiger partial charge >= 0.3 is 0 Å². The molecule has 1 aromatic heterocycles. The number of rotatable bonds is 7. The summed E-state index contributed by atoms with van der Waals surface area (Å²) in [6.07, 6.45) is 1.56. The van der Waals surface area contributed by atoms with E-state index in [4.69, 9.17) is 15.2 Å². The third kappa shape index (κ3) is 4.07. The van der Waals surface area contributed by atoms with Crippen molar-refractivity contribution in [3.63, 3.8) is 0 Å². The molecule has 6 heteroatoms. The Morgan fingerprint density at radius 1 is 1.24 bits per heavy atom. The summed E-state index contributed by atoms with van der Waals surface area (Å²) >= 11 is 1.60. The molecule has 4 nitrogen and oxygen atoms in total. The first-order chi connectivity index (χ1) is 10.1. The van der Waals surface area contributed by atoms with Crippen molar-refractivity contribution in [3.8, 4) is 11.5 Å². The van der Waals surface area contributed by atoms with Gasteiger partial charge in [0, 0.05) is 23.4 Å². The molecule has 0 fully saturated rings. The SMILES string of the molecule is CCCOc1cc(OCCc2scnc2C)c(N)cc1F. The molecule has 0 saturated carbocycles. The number of ether oxygens (including phenoxy) is 2. The summed E-state index contributed by atoms with van der Waals surface area (Å²) in [6, 6.07) is 2.75. The van der Waals surface area contributed by atoms with Gasteiger partial charge in [-0.05, 0) is 13.3 Å². The number of halogens is 1. The van der Waals surface area contributed by atoms with Crippen LogP contribution in [0.4, 0.5) is 10.1 Å². The van der Waals surface area contributed by atoms with Crippen LogP contribution in [0.1, 0.15) is 23.9 Å². The summed E-state index contributed by atoms with van der Waals surface area (Å²) in [7, 11) is 0. The highest BCUT2D eigenvalue weighted by molar-refractivity contribution is 7.09. The van der Waals surface area contributed by atoms with Crippen LogP contribution < -0.4 is 15.2 Å². The van der Waals surface area contributed by atoms with Crippen molar-refractivity contribution in [1.29, 1.82) is 0 Å². The van der Waals surface area contributed by atoms with E-state index in [0.29, 0.717) is 19.0 Å². The molecule has 0 radical (unpaired) electrons. The van der Waals surface area contributed by atoms with E-state index in [1.807, 2.05) is 19.4 Å². The molecule has 0 saturated heterocycles. The van der Waals surface area contributed by atoms with E-state index in [2.05, 4.69) is 4.98 Å². The number of nitrogens with two attached hydrogens (primary N) is 1. The first-order valence-corrected chi connectivity index (χ1v) is 7.73. The summed E-state index contributed by atoms with van der Waals surface area (Å²) in [6.45, 7) is 4.85. The summed E-state index contributed by atoms with van der Waals surface area (Å²) in [5.41, 5.74) is 8.88. The number of benzene rings is 1. The molecule has 114 valence electrons. The predicted octanol–water partition coefficient (Wildman–Crippen LogP) is 3.58. The molecule has 0 aliphatic rings. The van der Waals surface area contributed by atoms with E-state index in [9.17, 15) is 4.39 Å². The maximum Gasteiger partial charge on any atom is 0.167 e. The van der Waals surface area contributed by atoms with Gasteiger partial charge in [-0.15, -0.1) is 11.3 Å². The van der Waals surface area contributed by atoms with Crippen LogP contribution in [0.15, 0.2) is 17.6 Å². The number of anilines is 1. The lowest BCUT2D eigenvalue weighted by atomic mass is 10.2. The second-order valence-corrected chi connectivity index (χ2v) is 5.57. The highest BCUT2D eigenvalue weighted by Crippen LogP contribution is 2.30. The fourth-order valence-electron chi connectivity index (χ4n) is 1.82. The standard InChI is InChI=1S/C15H19FN2O2S/c1-3-5-19-13-8-14(12(17)7-11(13)16)20-6-4-15-10(2)18-9-21-15/h7-9H,3-6,17H2,1-2H3. The minimum atomic E-state index is -0.466. The second kappa shape index (κ2) is 7.26. The first-order valence-electron chi connectivity index (χ1n) is 6.85. The number of nitrogen functional groups attached to an aromatic ring is 1. The van der Waals surface area contributed by atoms with Gasteiger partial charge in [-0.2, -0.15) is 0 Å². The molecule has 0 aliphatic heterocycles. The molecule has 0 spiro atoms. The van der Waals surface area contributed by atoms with E-state index in [-0.39, 0.29) is 11.4 Å². The van der Waals surface area contributed by atoms with E-state index in [1.165, 1.54) is 17.0 Å². The first kappa shape index (κ1) is 15.6. The minimum absolute atomic E-state index is 0.176. The molecule has 2 N–H and O–H groups in total. The van der Waals surface area contributed by atoms with Gasteiger partial charge < -0.3 is 15.2 Å². The summed E-state index contributed by atoms with van der Waals surface area (Å²) < 4.78 is 24.7. The molecule has 2 rings (SSSR count). The number of aromatic nitrogens is 1. The zero-order valence-electron chi connectivity index (χ0n) is 12.2. The van der Waals surface area contributed by atoms with Crippen LogP contribution in [-0.2, 0) is 6.42 Å². The van der Waals surface area contributed by atoms with Crippen LogP contribution in [0.3, 0.4) is 0 Å². The van der Waals surface area contributed by atoms with E-state index < -0.39 is 5.82 Å². The normalized spacial score (nSPS) is 10.6. The summed E-state index contributed by atoms with van der Waals surface area (Å²) in [4.78, 5) is 5.37. The molecule has 1 heterocycles. The smallest absolute Gasteiger partial charge is 0.167 e. The lowest BCUT2D eigenvalue weighted by molar-refractivity contribution is 0.292. The molecule has 2 aromatic rings. The van der Waals surface area contributed by atoms with Gasteiger partial charge in [-0.25, -0.2) is 9.37 Å². The Hall–Kier alpha value is -1.82. The van der Waals surface area contributed by atoms with Crippen molar-refractivity contribution in [3.05, 3.63) is 34.0 Å². The maximum atomic E-state index is 13.7. The fraction of sp³-hybridized carbons (Fsp3) is 0.400. The van der Waals surface area contributed by atoms with Crippen LogP contribution in [0.2, 0.25) is 0 Å². The average Bonchev–Trinajstić information content (AvgIpc) is 2.85.